The monoisotopic (exact) mass is 366 g/mol. The number of carboxylic acids is 1. The van der Waals surface area contributed by atoms with Gasteiger partial charge in [-0.2, -0.15) is 0 Å². The molecular formula is C22H31LiO4. The van der Waals surface area contributed by atoms with Crippen molar-refractivity contribution in [3.63, 3.8) is 0 Å². The first-order chi connectivity index (χ1) is 12.5. The maximum absolute atomic E-state index is 10.3. The topological polar surface area (TPSA) is 80.6 Å². The molecule has 0 saturated carbocycles. The fraction of sp³-hybridized carbons (Fsp3) is 0.500. The minimum absolute atomic E-state index is 0. The number of rotatable bonds is 13. The van der Waals surface area contributed by atoms with Gasteiger partial charge in [0.15, 0.2) is 0 Å². The molecule has 0 bridgehead atoms. The van der Waals surface area contributed by atoms with E-state index in [1.807, 2.05) is 30.3 Å². The summed E-state index contributed by atoms with van der Waals surface area (Å²) in [6.45, 7) is 2.18. The quantitative estimate of drug-likeness (QED) is 0.303. The molecule has 0 spiro atoms. The molecule has 27 heavy (non-hydrogen) atoms. The fourth-order valence-corrected chi connectivity index (χ4v) is 2.59. The number of hydrogen-bond acceptors (Lipinski definition) is 4. The van der Waals surface area contributed by atoms with E-state index in [0.29, 0.717) is 19.3 Å². The molecule has 0 aliphatic heterocycles. The van der Waals surface area contributed by atoms with Crippen molar-refractivity contribution in [3.8, 4) is 0 Å². The summed E-state index contributed by atoms with van der Waals surface area (Å²) in [7, 11) is 0. The van der Waals surface area contributed by atoms with Crippen LogP contribution in [0.15, 0.2) is 42.5 Å². The largest absolute Gasteiger partial charge is 1.00 e. The van der Waals surface area contributed by atoms with E-state index in [1.165, 1.54) is 19.3 Å². The minimum Gasteiger partial charge on any atom is -0.550 e. The number of carboxylic acid groups (broad SMARTS) is 1. The fourth-order valence-electron chi connectivity index (χ4n) is 2.59. The molecule has 0 saturated heterocycles. The van der Waals surface area contributed by atoms with Crippen molar-refractivity contribution >= 4 is 12.0 Å². The number of hydrogen-bond donors (Lipinski definition) is 2. The van der Waals surface area contributed by atoms with E-state index in [2.05, 4.69) is 13.0 Å². The van der Waals surface area contributed by atoms with Crippen LogP contribution in [0, 0.1) is 0 Å². The molecule has 0 aliphatic rings. The third-order valence-electron chi connectivity index (χ3n) is 4.21. The Morgan fingerprint density at radius 3 is 2.44 bits per heavy atom. The molecule has 2 N–H and O–H groups in total. The number of allylic oxidation sites excluding steroid dienone is 1. The van der Waals surface area contributed by atoms with Crippen LogP contribution in [-0.4, -0.2) is 22.3 Å². The standard InChI is InChI=1S/C22H32O4.Li/c1-2-3-4-5-6-7-10-21(24)19-15-12-18(13-16-19)14-17-20(23)9-8-11-22(25)26;/h6-7,12-17,20-21,23-24H,2-5,8-11H2,1H3,(H,25,26);/q;+1/p-1/b7-6+,17-14+;. The molecule has 0 heterocycles. The summed E-state index contributed by atoms with van der Waals surface area (Å²) in [5, 5.41) is 30.3. The van der Waals surface area contributed by atoms with Gasteiger partial charge >= 0.3 is 18.9 Å². The zero-order valence-corrected chi connectivity index (χ0v) is 16.6. The van der Waals surface area contributed by atoms with Crippen LogP contribution in [0.1, 0.15) is 75.5 Å². The Balaban J connectivity index is 0.00000676. The van der Waals surface area contributed by atoms with Crippen LogP contribution < -0.4 is 24.0 Å². The van der Waals surface area contributed by atoms with Crippen molar-refractivity contribution in [2.45, 2.75) is 70.5 Å². The van der Waals surface area contributed by atoms with Gasteiger partial charge in [-0.05, 0) is 49.7 Å². The zero-order chi connectivity index (χ0) is 19.2. The van der Waals surface area contributed by atoms with Crippen LogP contribution in [-0.2, 0) is 4.79 Å². The van der Waals surface area contributed by atoms with E-state index < -0.39 is 18.2 Å². The van der Waals surface area contributed by atoms with E-state index in [1.54, 1.807) is 12.2 Å². The Hall–Kier alpha value is -1.31. The summed E-state index contributed by atoms with van der Waals surface area (Å²) in [5.41, 5.74) is 1.80. The maximum atomic E-state index is 10.3. The number of benzene rings is 1. The summed E-state index contributed by atoms with van der Waals surface area (Å²) >= 11 is 0. The van der Waals surface area contributed by atoms with Crippen molar-refractivity contribution in [2.75, 3.05) is 0 Å². The van der Waals surface area contributed by atoms with Gasteiger partial charge < -0.3 is 20.1 Å². The molecule has 0 radical (unpaired) electrons. The Morgan fingerprint density at radius 1 is 1.11 bits per heavy atom. The molecule has 1 aromatic rings. The molecule has 0 aliphatic carbocycles. The third kappa shape index (κ3) is 12.7. The summed E-state index contributed by atoms with van der Waals surface area (Å²) < 4.78 is 0. The predicted octanol–water partition coefficient (Wildman–Crippen LogP) is 0.545. The average Bonchev–Trinajstić information content (AvgIpc) is 2.63. The molecule has 1 rings (SSSR count). The normalized spacial score (nSPS) is 13.6. The average molecular weight is 366 g/mol. The molecule has 0 fully saturated rings. The summed E-state index contributed by atoms with van der Waals surface area (Å²) in [6.07, 6.45) is 12.5. The number of aliphatic hydroxyl groups is 2. The number of unbranched alkanes of at least 4 members (excludes halogenated alkanes) is 3. The summed E-state index contributed by atoms with van der Waals surface area (Å²) in [4.78, 5) is 10.3. The molecule has 144 valence electrons. The van der Waals surface area contributed by atoms with Crippen molar-refractivity contribution in [1.29, 1.82) is 0 Å². The van der Waals surface area contributed by atoms with Crippen LogP contribution in [0.2, 0.25) is 0 Å². The van der Waals surface area contributed by atoms with Gasteiger partial charge in [-0.15, -0.1) is 0 Å². The number of aliphatic hydroxyl groups excluding tert-OH is 2. The SMILES string of the molecule is CCCCC/C=C/CC(O)c1ccc(/C=C/C(O)CCCC(=O)[O-])cc1.[Li+]. The first kappa shape index (κ1) is 25.7. The zero-order valence-electron chi connectivity index (χ0n) is 16.6. The van der Waals surface area contributed by atoms with E-state index in [0.717, 1.165) is 17.5 Å². The van der Waals surface area contributed by atoms with Crippen LogP contribution in [0.5, 0.6) is 0 Å². The molecule has 1 aromatic carbocycles. The van der Waals surface area contributed by atoms with E-state index >= 15 is 0 Å². The van der Waals surface area contributed by atoms with E-state index in [4.69, 9.17) is 0 Å². The van der Waals surface area contributed by atoms with Crippen LogP contribution >= 0.6 is 0 Å². The Labute approximate surface area is 175 Å². The van der Waals surface area contributed by atoms with Gasteiger partial charge in [-0.25, -0.2) is 0 Å². The van der Waals surface area contributed by atoms with Gasteiger partial charge in [-0.1, -0.05) is 68.3 Å². The summed E-state index contributed by atoms with van der Waals surface area (Å²) in [5.74, 6) is -1.09. The summed E-state index contributed by atoms with van der Waals surface area (Å²) in [6, 6.07) is 7.57. The number of carbonyl (C=O) groups is 1. The minimum atomic E-state index is -1.09. The second kappa shape index (κ2) is 15.7. The first-order valence-corrected chi connectivity index (χ1v) is 9.52. The van der Waals surface area contributed by atoms with Gasteiger partial charge in [-0.3, -0.25) is 0 Å². The second-order valence-corrected chi connectivity index (χ2v) is 6.58. The van der Waals surface area contributed by atoms with Crippen LogP contribution in [0.3, 0.4) is 0 Å². The molecular weight excluding hydrogens is 335 g/mol. The molecule has 2 unspecified atom stereocenters. The van der Waals surface area contributed by atoms with Gasteiger partial charge in [0.05, 0.1) is 12.2 Å². The Bertz CT molecular complexity index is 566. The van der Waals surface area contributed by atoms with E-state index in [-0.39, 0.29) is 25.3 Å². The van der Waals surface area contributed by atoms with Crippen molar-refractivity contribution in [1.82, 2.24) is 0 Å². The Kier molecular flexibility index (Phi) is 15.0. The molecule has 0 amide bonds. The third-order valence-corrected chi connectivity index (χ3v) is 4.21. The predicted molar refractivity (Wildman–Crippen MR) is 103 cm³/mol. The molecule has 0 aromatic heterocycles. The molecule has 4 nitrogen and oxygen atoms in total. The number of aliphatic carboxylic acids is 1. The van der Waals surface area contributed by atoms with Gasteiger partial charge in [0.25, 0.3) is 0 Å². The number of carbonyl (C=O) groups excluding carboxylic acids is 1. The maximum Gasteiger partial charge on any atom is 1.00 e. The van der Waals surface area contributed by atoms with Gasteiger partial charge in [0.2, 0.25) is 0 Å². The van der Waals surface area contributed by atoms with Gasteiger partial charge in [0.1, 0.15) is 0 Å². The van der Waals surface area contributed by atoms with Crippen LogP contribution in [0.25, 0.3) is 6.08 Å². The van der Waals surface area contributed by atoms with Crippen molar-refractivity contribution in [2.24, 2.45) is 0 Å². The Morgan fingerprint density at radius 2 is 1.81 bits per heavy atom. The van der Waals surface area contributed by atoms with Crippen LogP contribution in [0.4, 0.5) is 0 Å². The first-order valence-electron chi connectivity index (χ1n) is 9.52. The molecule has 2 atom stereocenters. The van der Waals surface area contributed by atoms with E-state index in [9.17, 15) is 20.1 Å². The van der Waals surface area contributed by atoms with Crippen molar-refractivity contribution < 1.29 is 39.0 Å². The second-order valence-electron chi connectivity index (χ2n) is 6.58. The van der Waals surface area contributed by atoms with Crippen molar-refractivity contribution in [3.05, 3.63) is 53.6 Å². The molecule has 5 heteroatoms. The smallest absolute Gasteiger partial charge is 0.550 e. The van der Waals surface area contributed by atoms with Gasteiger partial charge in [0, 0.05) is 5.97 Å².